The fourth-order valence-corrected chi connectivity index (χ4v) is 2.75. The molecule has 0 fully saturated rings. The monoisotopic (exact) mass is 382 g/mol. The Morgan fingerprint density at radius 3 is 2.25 bits per heavy atom. The second-order valence-corrected chi connectivity index (χ2v) is 7.44. The number of rotatable bonds is 8. The van der Waals surface area contributed by atoms with Crippen LogP contribution in [0.1, 0.15) is 51.3 Å². The normalized spacial score (nSPS) is 11.8. The van der Waals surface area contributed by atoms with Crippen molar-refractivity contribution in [2.75, 3.05) is 13.2 Å². The molecule has 0 N–H and O–H groups in total. The highest BCUT2D eigenvalue weighted by Gasteiger charge is 2.20. The maximum absolute atomic E-state index is 12.1. The van der Waals surface area contributed by atoms with Crippen LogP contribution < -0.4 is 4.74 Å². The van der Waals surface area contributed by atoms with E-state index < -0.39 is 5.97 Å². The zero-order valence-electron chi connectivity index (χ0n) is 17.5. The van der Waals surface area contributed by atoms with Gasteiger partial charge in [0.25, 0.3) is 0 Å². The van der Waals surface area contributed by atoms with E-state index in [2.05, 4.69) is 20.8 Å². The second kappa shape index (κ2) is 9.98. The average molecular weight is 383 g/mol. The molecule has 2 aromatic rings. The highest BCUT2D eigenvalue weighted by Crippen LogP contribution is 2.33. The smallest absolute Gasteiger partial charge is 0.373 e. The van der Waals surface area contributed by atoms with Gasteiger partial charge >= 0.3 is 5.97 Å². The first-order valence-corrected chi connectivity index (χ1v) is 9.68. The summed E-state index contributed by atoms with van der Waals surface area (Å²) >= 11 is 0. The molecule has 0 spiro atoms. The second-order valence-electron chi connectivity index (χ2n) is 7.44. The molecule has 0 aliphatic rings. The predicted octanol–water partition coefficient (Wildman–Crippen LogP) is 5.50. The predicted molar refractivity (Wildman–Crippen MR) is 112 cm³/mol. The molecule has 0 amide bonds. The molecule has 0 aliphatic carbocycles. The van der Waals surface area contributed by atoms with Gasteiger partial charge in [0.15, 0.2) is 0 Å². The van der Waals surface area contributed by atoms with Crippen LogP contribution >= 0.6 is 0 Å². The summed E-state index contributed by atoms with van der Waals surface area (Å²) in [6.45, 7) is 11.2. The van der Waals surface area contributed by atoms with Crippen molar-refractivity contribution in [2.24, 2.45) is 0 Å². The molecule has 150 valence electrons. The van der Waals surface area contributed by atoms with E-state index in [0.29, 0.717) is 19.8 Å². The molecule has 28 heavy (non-hydrogen) atoms. The number of esters is 1. The Kier molecular flexibility index (Phi) is 7.68. The van der Waals surface area contributed by atoms with E-state index in [-0.39, 0.29) is 11.2 Å². The molecule has 0 unspecified atom stereocenters. The van der Waals surface area contributed by atoms with Crippen LogP contribution in [0.2, 0.25) is 0 Å². The summed E-state index contributed by atoms with van der Waals surface area (Å²) in [5, 5.41) is 0. The third kappa shape index (κ3) is 6.15. The van der Waals surface area contributed by atoms with Crippen LogP contribution in [0.25, 0.3) is 6.08 Å². The quantitative estimate of drug-likeness (QED) is 0.343. The van der Waals surface area contributed by atoms with Gasteiger partial charge in [0.1, 0.15) is 12.4 Å². The van der Waals surface area contributed by atoms with E-state index in [4.69, 9.17) is 14.2 Å². The number of hydrogen-bond donors (Lipinski definition) is 0. The van der Waals surface area contributed by atoms with Crippen LogP contribution in [-0.2, 0) is 26.3 Å². The third-order valence-electron chi connectivity index (χ3n) is 4.12. The van der Waals surface area contributed by atoms with E-state index in [9.17, 15) is 4.79 Å². The first-order chi connectivity index (χ1) is 13.3. The number of carbonyl (C=O) groups excluding carboxylic acids is 1. The summed E-state index contributed by atoms with van der Waals surface area (Å²) < 4.78 is 16.7. The summed E-state index contributed by atoms with van der Waals surface area (Å²) in [6.07, 6.45) is 1.72. The average Bonchev–Trinajstić information content (AvgIpc) is 2.67. The van der Waals surface area contributed by atoms with Crippen LogP contribution in [0, 0.1) is 0 Å². The lowest BCUT2D eigenvalue weighted by Gasteiger charge is -2.23. The summed E-state index contributed by atoms with van der Waals surface area (Å²) in [5.74, 6) is 0.593. The van der Waals surface area contributed by atoms with Crippen molar-refractivity contribution in [1.29, 1.82) is 0 Å². The molecular formula is C24H30O4. The first kappa shape index (κ1) is 21.5. The van der Waals surface area contributed by atoms with Crippen molar-refractivity contribution < 1.29 is 19.0 Å². The topological polar surface area (TPSA) is 44.8 Å². The highest BCUT2D eigenvalue weighted by atomic mass is 16.6. The van der Waals surface area contributed by atoms with Gasteiger partial charge in [0.05, 0.1) is 13.2 Å². The van der Waals surface area contributed by atoms with Crippen LogP contribution in [0.15, 0.2) is 54.3 Å². The minimum atomic E-state index is -0.453. The molecule has 0 aliphatic heterocycles. The third-order valence-corrected chi connectivity index (χ3v) is 4.12. The van der Waals surface area contributed by atoms with Crippen molar-refractivity contribution in [2.45, 2.75) is 46.6 Å². The Bertz CT molecular complexity index is 801. The minimum absolute atomic E-state index is 0.119. The van der Waals surface area contributed by atoms with E-state index in [1.807, 2.05) is 55.5 Å². The lowest BCUT2D eigenvalue weighted by atomic mass is 9.85. The Morgan fingerprint density at radius 1 is 0.964 bits per heavy atom. The fourth-order valence-electron chi connectivity index (χ4n) is 2.75. The van der Waals surface area contributed by atoms with Gasteiger partial charge < -0.3 is 14.2 Å². The maximum atomic E-state index is 12.1. The van der Waals surface area contributed by atoms with Crippen LogP contribution in [-0.4, -0.2) is 19.2 Å². The number of benzene rings is 2. The van der Waals surface area contributed by atoms with E-state index in [1.165, 1.54) is 0 Å². The fraction of sp³-hybridized carbons (Fsp3) is 0.375. The standard InChI is InChI=1S/C24H30O4/c1-6-26-22(23(25)27-7-2)16-19-13-14-21(20(15-19)24(3,4)5)28-17-18-11-9-8-10-12-18/h8-16H,6-7,17H2,1-5H3. The number of hydrogen-bond acceptors (Lipinski definition) is 4. The SMILES string of the molecule is CCOC(=O)C(=Cc1ccc(OCc2ccccc2)c(C(C)(C)C)c1)OCC. The van der Waals surface area contributed by atoms with Crippen LogP contribution in [0.4, 0.5) is 0 Å². The van der Waals surface area contributed by atoms with Gasteiger partial charge in [-0.15, -0.1) is 0 Å². The molecule has 0 saturated carbocycles. The molecule has 0 radical (unpaired) electrons. The van der Waals surface area contributed by atoms with Gasteiger partial charge in [-0.05, 0) is 48.6 Å². The molecular weight excluding hydrogens is 352 g/mol. The number of ether oxygens (including phenoxy) is 3. The van der Waals surface area contributed by atoms with E-state index in [1.54, 1.807) is 13.0 Å². The number of carbonyl (C=O) groups is 1. The van der Waals surface area contributed by atoms with Crippen molar-refractivity contribution in [1.82, 2.24) is 0 Å². The highest BCUT2D eigenvalue weighted by molar-refractivity contribution is 5.91. The Hall–Kier alpha value is -2.75. The van der Waals surface area contributed by atoms with Gasteiger partial charge in [-0.3, -0.25) is 0 Å². The van der Waals surface area contributed by atoms with Crippen LogP contribution in [0.5, 0.6) is 5.75 Å². The largest absolute Gasteiger partial charge is 0.489 e. The van der Waals surface area contributed by atoms with Crippen molar-refractivity contribution >= 4 is 12.0 Å². The Morgan fingerprint density at radius 2 is 1.64 bits per heavy atom. The van der Waals surface area contributed by atoms with E-state index >= 15 is 0 Å². The molecule has 0 saturated heterocycles. The zero-order valence-corrected chi connectivity index (χ0v) is 17.5. The molecule has 4 heteroatoms. The zero-order chi connectivity index (χ0) is 20.6. The molecule has 0 heterocycles. The van der Waals surface area contributed by atoms with E-state index in [0.717, 1.165) is 22.4 Å². The summed E-state index contributed by atoms with van der Waals surface area (Å²) in [7, 11) is 0. The van der Waals surface area contributed by atoms with Crippen molar-refractivity contribution in [3.63, 3.8) is 0 Å². The minimum Gasteiger partial charge on any atom is -0.489 e. The van der Waals surface area contributed by atoms with Crippen molar-refractivity contribution in [3.05, 3.63) is 71.0 Å². The Labute approximate surface area is 168 Å². The molecule has 4 nitrogen and oxygen atoms in total. The van der Waals surface area contributed by atoms with Gasteiger partial charge in [0.2, 0.25) is 5.76 Å². The molecule has 2 rings (SSSR count). The summed E-state index contributed by atoms with van der Waals surface area (Å²) in [6, 6.07) is 16.0. The first-order valence-electron chi connectivity index (χ1n) is 9.68. The molecule has 0 bridgehead atoms. The van der Waals surface area contributed by atoms with Gasteiger partial charge in [-0.25, -0.2) is 4.79 Å². The van der Waals surface area contributed by atoms with Gasteiger partial charge in [-0.2, -0.15) is 0 Å². The summed E-state index contributed by atoms with van der Waals surface area (Å²) in [5.41, 5.74) is 2.93. The summed E-state index contributed by atoms with van der Waals surface area (Å²) in [4.78, 5) is 12.1. The van der Waals surface area contributed by atoms with Crippen molar-refractivity contribution in [3.8, 4) is 5.75 Å². The molecule has 0 atom stereocenters. The van der Waals surface area contributed by atoms with Gasteiger partial charge in [-0.1, -0.05) is 57.2 Å². The molecule has 0 aromatic heterocycles. The van der Waals surface area contributed by atoms with Gasteiger partial charge in [0, 0.05) is 5.56 Å². The Balaban J connectivity index is 2.32. The lowest BCUT2D eigenvalue weighted by molar-refractivity contribution is -0.142. The lowest BCUT2D eigenvalue weighted by Crippen LogP contribution is -2.14. The van der Waals surface area contributed by atoms with Crippen LogP contribution in [0.3, 0.4) is 0 Å². The molecule has 2 aromatic carbocycles. The maximum Gasteiger partial charge on any atom is 0.373 e.